The summed E-state index contributed by atoms with van der Waals surface area (Å²) in [6.45, 7) is 2.09. The minimum atomic E-state index is -1.24. The number of unbranched alkanes of at least 4 members (excludes halogenated alkanes) is 5. The van der Waals surface area contributed by atoms with Crippen molar-refractivity contribution < 1.29 is 29.9 Å². The second kappa shape index (κ2) is 9.65. The van der Waals surface area contributed by atoms with Gasteiger partial charge in [0.15, 0.2) is 6.29 Å². The van der Waals surface area contributed by atoms with Gasteiger partial charge < -0.3 is 29.9 Å². The Bertz CT molecular complexity index is 250. The van der Waals surface area contributed by atoms with Gasteiger partial charge in [-0.3, -0.25) is 0 Å². The predicted molar refractivity (Wildman–Crippen MR) is 73.1 cm³/mol. The zero-order valence-electron chi connectivity index (χ0n) is 12.1. The van der Waals surface area contributed by atoms with Crippen LogP contribution in [0.25, 0.3) is 0 Å². The molecule has 1 rings (SSSR count). The van der Waals surface area contributed by atoms with E-state index in [2.05, 4.69) is 6.92 Å². The average molecular weight is 292 g/mol. The molecular weight excluding hydrogens is 264 g/mol. The molecule has 4 N–H and O–H groups in total. The fraction of sp³-hybridized carbons (Fsp3) is 1.00. The molecule has 0 saturated carbocycles. The molecule has 1 aliphatic heterocycles. The van der Waals surface area contributed by atoms with Crippen molar-refractivity contribution in [3.05, 3.63) is 0 Å². The Morgan fingerprint density at radius 2 is 1.70 bits per heavy atom. The molecule has 5 atom stereocenters. The highest BCUT2D eigenvalue weighted by Gasteiger charge is 2.46. The molecule has 0 radical (unpaired) electrons. The van der Waals surface area contributed by atoms with Gasteiger partial charge in [-0.2, -0.15) is 0 Å². The molecule has 0 aromatic heterocycles. The lowest BCUT2D eigenvalue weighted by molar-refractivity contribution is -0.181. The van der Waals surface area contributed by atoms with Crippen molar-refractivity contribution in [2.45, 2.75) is 76.2 Å². The number of aliphatic hydroxyl groups excluding tert-OH is 4. The van der Waals surface area contributed by atoms with E-state index in [1.807, 2.05) is 0 Å². The summed E-state index contributed by atoms with van der Waals surface area (Å²) in [4.78, 5) is 0. The van der Waals surface area contributed by atoms with E-state index in [0.717, 1.165) is 12.8 Å². The molecular formula is C14H28O6. The Morgan fingerprint density at radius 3 is 2.35 bits per heavy atom. The molecule has 20 heavy (non-hydrogen) atoms. The number of hydrogen-bond donors (Lipinski definition) is 4. The van der Waals surface area contributed by atoms with E-state index in [9.17, 15) is 15.3 Å². The number of ether oxygens (including phenoxy) is 2. The molecule has 0 aromatic carbocycles. The van der Waals surface area contributed by atoms with Gasteiger partial charge in [0.2, 0.25) is 0 Å². The number of aliphatic hydroxyl groups is 4. The molecule has 0 amide bonds. The van der Waals surface area contributed by atoms with Gasteiger partial charge in [-0.15, -0.1) is 0 Å². The van der Waals surface area contributed by atoms with Crippen molar-refractivity contribution >= 4 is 0 Å². The van der Waals surface area contributed by atoms with E-state index in [-0.39, 0.29) is 0 Å². The van der Waals surface area contributed by atoms with Crippen LogP contribution in [0.2, 0.25) is 0 Å². The van der Waals surface area contributed by atoms with E-state index < -0.39 is 37.3 Å². The summed E-state index contributed by atoms with van der Waals surface area (Å²) < 4.78 is 10.6. The molecule has 1 aliphatic rings. The Labute approximate surface area is 120 Å². The van der Waals surface area contributed by atoms with Crippen molar-refractivity contribution in [3.63, 3.8) is 0 Å². The zero-order valence-corrected chi connectivity index (χ0v) is 12.1. The lowest BCUT2D eigenvalue weighted by Gasteiger charge is -2.18. The van der Waals surface area contributed by atoms with Crippen molar-refractivity contribution in [1.82, 2.24) is 0 Å². The molecule has 1 saturated heterocycles. The monoisotopic (exact) mass is 292 g/mol. The fourth-order valence-corrected chi connectivity index (χ4v) is 2.31. The summed E-state index contributed by atoms with van der Waals surface area (Å²) >= 11 is 0. The molecule has 0 aromatic rings. The zero-order chi connectivity index (χ0) is 15.0. The van der Waals surface area contributed by atoms with Gasteiger partial charge in [0.25, 0.3) is 0 Å². The van der Waals surface area contributed by atoms with E-state index in [1.54, 1.807) is 0 Å². The Balaban J connectivity index is 2.17. The Morgan fingerprint density at radius 1 is 1.05 bits per heavy atom. The van der Waals surface area contributed by atoms with Gasteiger partial charge in [0.1, 0.15) is 24.4 Å². The molecule has 0 bridgehead atoms. The first-order chi connectivity index (χ1) is 9.61. The summed E-state index contributed by atoms with van der Waals surface area (Å²) in [7, 11) is 0. The maximum atomic E-state index is 9.75. The van der Waals surface area contributed by atoms with Crippen molar-refractivity contribution in [3.8, 4) is 0 Å². The van der Waals surface area contributed by atoms with Crippen molar-refractivity contribution in [1.29, 1.82) is 0 Å². The minimum absolute atomic E-state index is 0.447. The van der Waals surface area contributed by atoms with E-state index in [1.165, 1.54) is 25.7 Å². The number of rotatable bonds is 10. The highest BCUT2D eigenvalue weighted by atomic mass is 16.7. The first kappa shape index (κ1) is 17.8. The summed E-state index contributed by atoms with van der Waals surface area (Å²) in [5.41, 5.74) is 0. The second-order valence-corrected chi connectivity index (χ2v) is 5.34. The smallest absolute Gasteiger partial charge is 0.186 e. The lowest BCUT2D eigenvalue weighted by atomic mass is 10.1. The Hall–Kier alpha value is -0.240. The first-order valence-electron chi connectivity index (χ1n) is 7.54. The van der Waals surface area contributed by atoms with Crippen LogP contribution in [0.4, 0.5) is 0 Å². The van der Waals surface area contributed by atoms with Crippen LogP contribution in [0.1, 0.15) is 45.4 Å². The average Bonchev–Trinajstić information content (AvgIpc) is 2.74. The van der Waals surface area contributed by atoms with Crippen LogP contribution in [0.5, 0.6) is 0 Å². The maximum Gasteiger partial charge on any atom is 0.186 e. The maximum absolute atomic E-state index is 9.75. The molecule has 120 valence electrons. The summed E-state index contributed by atoms with van der Waals surface area (Å²) in [6, 6.07) is 0. The van der Waals surface area contributed by atoms with E-state index in [4.69, 9.17) is 14.6 Å². The van der Waals surface area contributed by atoms with Crippen LogP contribution in [0, 0.1) is 0 Å². The van der Waals surface area contributed by atoms with E-state index >= 15 is 0 Å². The highest BCUT2D eigenvalue weighted by molar-refractivity contribution is 4.90. The lowest BCUT2D eigenvalue weighted by Crippen LogP contribution is -2.40. The highest BCUT2D eigenvalue weighted by Crippen LogP contribution is 2.24. The van der Waals surface area contributed by atoms with Crippen LogP contribution in [-0.2, 0) is 9.47 Å². The quantitative estimate of drug-likeness (QED) is 0.428. The third-order valence-electron chi connectivity index (χ3n) is 3.60. The van der Waals surface area contributed by atoms with Crippen LogP contribution < -0.4 is 0 Å². The summed E-state index contributed by atoms with van der Waals surface area (Å²) in [5, 5.41) is 37.7. The van der Waals surface area contributed by atoms with Crippen LogP contribution in [0.15, 0.2) is 0 Å². The van der Waals surface area contributed by atoms with Gasteiger partial charge in [-0.1, -0.05) is 39.0 Å². The normalized spacial score (nSPS) is 31.6. The third kappa shape index (κ3) is 5.27. The van der Waals surface area contributed by atoms with E-state index in [0.29, 0.717) is 6.61 Å². The third-order valence-corrected chi connectivity index (χ3v) is 3.60. The standard InChI is InChI=1S/C14H28O6/c1-2-3-4-5-6-7-8-19-14-12(18)11(17)13(20-14)10(16)9-15/h10-18H,2-9H2,1H3/t10-,11-,12+,13-,14+/m1/s1. The van der Waals surface area contributed by atoms with Crippen LogP contribution in [-0.4, -0.2) is 64.3 Å². The molecule has 1 fully saturated rings. The molecule has 0 unspecified atom stereocenters. The topological polar surface area (TPSA) is 99.4 Å². The SMILES string of the molecule is CCCCCCCCO[C@H]1O[C@H]([C@H](O)CO)[C@H](O)[C@@H]1O. The van der Waals surface area contributed by atoms with Gasteiger partial charge in [0.05, 0.1) is 6.61 Å². The summed E-state index contributed by atoms with van der Waals surface area (Å²) in [5.74, 6) is 0. The largest absolute Gasteiger partial charge is 0.394 e. The van der Waals surface area contributed by atoms with Crippen LogP contribution in [0.3, 0.4) is 0 Å². The molecule has 6 heteroatoms. The van der Waals surface area contributed by atoms with Crippen LogP contribution >= 0.6 is 0 Å². The predicted octanol–water partition coefficient (Wildman–Crippen LogP) is 0.163. The van der Waals surface area contributed by atoms with Crippen molar-refractivity contribution in [2.24, 2.45) is 0 Å². The molecule has 1 heterocycles. The second-order valence-electron chi connectivity index (χ2n) is 5.34. The summed E-state index contributed by atoms with van der Waals surface area (Å²) in [6.07, 6.45) is 1.19. The van der Waals surface area contributed by atoms with Gasteiger partial charge in [-0.25, -0.2) is 0 Å². The molecule has 6 nitrogen and oxygen atoms in total. The van der Waals surface area contributed by atoms with Crippen molar-refractivity contribution in [2.75, 3.05) is 13.2 Å². The van der Waals surface area contributed by atoms with Gasteiger partial charge >= 0.3 is 0 Å². The first-order valence-corrected chi connectivity index (χ1v) is 7.54. The number of hydrogen-bond acceptors (Lipinski definition) is 6. The Kier molecular flexibility index (Phi) is 8.60. The fourth-order valence-electron chi connectivity index (χ4n) is 2.31. The minimum Gasteiger partial charge on any atom is -0.394 e. The molecule has 0 spiro atoms. The molecule has 0 aliphatic carbocycles. The van der Waals surface area contributed by atoms with Gasteiger partial charge in [-0.05, 0) is 6.42 Å². The van der Waals surface area contributed by atoms with Gasteiger partial charge in [0, 0.05) is 6.61 Å².